The van der Waals surface area contributed by atoms with E-state index in [4.69, 9.17) is 9.57 Å². The highest BCUT2D eigenvalue weighted by Gasteiger charge is 2.57. The fraction of sp³-hybridized carbons (Fsp3) is 0.212. The van der Waals surface area contributed by atoms with Gasteiger partial charge in [-0.05, 0) is 29.2 Å². The molecule has 6 rings (SSSR count). The van der Waals surface area contributed by atoms with Crippen molar-refractivity contribution in [2.24, 2.45) is 5.92 Å². The Labute approximate surface area is 228 Å². The Bertz CT molecular complexity index is 1330. The highest BCUT2D eigenvalue weighted by molar-refractivity contribution is 5.95. The zero-order valence-electron chi connectivity index (χ0n) is 21.7. The number of imide groups is 1. The predicted octanol–water partition coefficient (Wildman–Crippen LogP) is 5.95. The van der Waals surface area contributed by atoms with Crippen molar-refractivity contribution in [2.75, 3.05) is 13.2 Å². The topological polar surface area (TPSA) is 59.1 Å². The number of rotatable bonds is 6. The van der Waals surface area contributed by atoms with Crippen LogP contribution in [-0.2, 0) is 19.9 Å². The number of ether oxygens (including phenoxy) is 1. The van der Waals surface area contributed by atoms with Crippen molar-refractivity contribution in [1.82, 2.24) is 9.96 Å². The van der Waals surface area contributed by atoms with Crippen LogP contribution in [0.25, 0.3) is 0 Å². The molecular formula is C33H30N2O4. The lowest BCUT2D eigenvalue weighted by molar-refractivity contribution is -0.205. The summed E-state index contributed by atoms with van der Waals surface area (Å²) in [5.41, 5.74) is 3.04. The van der Waals surface area contributed by atoms with E-state index in [0.717, 1.165) is 22.3 Å². The van der Waals surface area contributed by atoms with Crippen molar-refractivity contribution >= 4 is 12.0 Å². The second kappa shape index (κ2) is 10.5. The molecule has 39 heavy (non-hydrogen) atoms. The SMILES string of the molecule is C[C@@H]1ON(C(c2ccccc2)(c2ccccc2)c2ccccc2)[C@H](c2ccccc2)[C@H]1C(=O)N1CCOC1=O. The van der Waals surface area contributed by atoms with Crippen LogP contribution in [0.3, 0.4) is 0 Å². The first-order valence-corrected chi connectivity index (χ1v) is 13.3. The summed E-state index contributed by atoms with van der Waals surface area (Å²) in [5.74, 6) is -0.932. The molecule has 0 radical (unpaired) electrons. The first-order chi connectivity index (χ1) is 19.1. The average Bonchev–Trinajstić information content (AvgIpc) is 3.58. The smallest absolute Gasteiger partial charge is 0.416 e. The molecule has 4 aromatic rings. The molecule has 4 aromatic carbocycles. The van der Waals surface area contributed by atoms with Crippen LogP contribution in [-0.4, -0.2) is 41.2 Å². The zero-order valence-corrected chi connectivity index (χ0v) is 21.7. The lowest BCUT2D eigenvalue weighted by Crippen LogP contribution is -2.49. The van der Waals surface area contributed by atoms with Gasteiger partial charge in [0.15, 0.2) is 0 Å². The first kappa shape index (κ1) is 25.0. The van der Waals surface area contributed by atoms with Gasteiger partial charge in [0.1, 0.15) is 12.1 Å². The highest BCUT2D eigenvalue weighted by atomic mass is 16.7. The Balaban J connectivity index is 1.62. The van der Waals surface area contributed by atoms with Gasteiger partial charge in [0.25, 0.3) is 0 Å². The predicted molar refractivity (Wildman–Crippen MR) is 147 cm³/mol. The van der Waals surface area contributed by atoms with Crippen molar-refractivity contribution in [3.8, 4) is 0 Å². The Morgan fingerprint density at radius 3 is 1.64 bits per heavy atom. The number of carbonyl (C=O) groups excluding carboxylic acids is 2. The molecule has 0 bridgehead atoms. The highest BCUT2D eigenvalue weighted by Crippen LogP contribution is 2.53. The number of benzene rings is 4. The summed E-state index contributed by atoms with van der Waals surface area (Å²) in [4.78, 5) is 34.6. The summed E-state index contributed by atoms with van der Waals surface area (Å²) in [6.45, 7) is 2.35. The van der Waals surface area contributed by atoms with Gasteiger partial charge in [-0.1, -0.05) is 121 Å². The molecule has 0 aliphatic carbocycles. The van der Waals surface area contributed by atoms with Crippen LogP contribution in [0.1, 0.15) is 35.2 Å². The molecule has 2 heterocycles. The summed E-state index contributed by atoms with van der Waals surface area (Å²) in [7, 11) is 0. The maximum Gasteiger partial charge on any atom is 0.416 e. The Morgan fingerprint density at radius 1 is 0.744 bits per heavy atom. The van der Waals surface area contributed by atoms with E-state index in [1.807, 2.05) is 96.9 Å². The van der Waals surface area contributed by atoms with Crippen molar-refractivity contribution in [2.45, 2.75) is 24.6 Å². The van der Waals surface area contributed by atoms with Crippen molar-refractivity contribution in [3.63, 3.8) is 0 Å². The van der Waals surface area contributed by atoms with Gasteiger partial charge in [-0.15, -0.1) is 0 Å². The minimum atomic E-state index is -0.904. The van der Waals surface area contributed by atoms with Crippen LogP contribution in [0.4, 0.5) is 4.79 Å². The van der Waals surface area contributed by atoms with E-state index < -0.39 is 29.7 Å². The molecule has 2 saturated heterocycles. The molecule has 6 nitrogen and oxygen atoms in total. The van der Waals surface area contributed by atoms with E-state index in [1.165, 1.54) is 4.90 Å². The molecule has 0 saturated carbocycles. The Kier molecular flexibility index (Phi) is 6.73. The van der Waals surface area contributed by atoms with E-state index in [0.29, 0.717) is 0 Å². The number of cyclic esters (lactones) is 1. The summed E-state index contributed by atoms with van der Waals surface area (Å²) in [6, 6.07) is 40.2. The van der Waals surface area contributed by atoms with Crippen LogP contribution >= 0.6 is 0 Å². The lowest BCUT2D eigenvalue weighted by atomic mass is 9.74. The maximum absolute atomic E-state index is 14.1. The van der Waals surface area contributed by atoms with Gasteiger partial charge in [-0.3, -0.25) is 9.63 Å². The number of hydrogen-bond donors (Lipinski definition) is 0. The number of hydroxylamine groups is 2. The minimum Gasteiger partial charge on any atom is -0.447 e. The van der Waals surface area contributed by atoms with E-state index in [9.17, 15) is 9.59 Å². The maximum atomic E-state index is 14.1. The third-order valence-electron chi connectivity index (χ3n) is 7.74. The van der Waals surface area contributed by atoms with E-state index in [-0.39, 0.29) is 19.1 Å². The van der Waals surface area contributed by atoms with E-state index in [1.54, 1.807) is 0 Å². The molecule has 2 fully saturated rings. The molecule has 0 spiro atoms. The summed E-state index contributed by atoms with van der Waals surface area (Å²) in [6.07, 6.45) is -1.11. The van der Waals surface area contributed by atoms with Crippen molar-refractivity contribution in [1.29, 1.82) is 0 Å². The Morgan fingerprint density at radius 2 is 1.21 bits per heavy atom. The van der Waals surface area contributed by atoms with Crippen molar-refractivity contribution < 1.29 is 19.2 Å². The summed E-state index contributed by atoms with van der Waals surface area (Å²) < 4.78 is 5.14. The third kappa shape index (κ3) is 4.22. The quantitative estimate of drug-likeness (QED) is 0.295. The lowest BCUT2D eigenvalue weighted by Gasteiger charge is -2.45. The van der Waals surface area contributed by atoms with Gasteiger partial charge in [-0.25, -0.2) is 9.69 Å². The van der Waals surface area contributed by atoms with Gasteiger partial charge in [0.05, 0.1) is 24.6 Å². The van der Waals surface area contributed by atoms with Crippen molar-refractivity contribution in [3.05, 3.63) is 144 Å². The molecule has 2 aliphatic rings. The second-order valence-corrected chi connectivity index (χ2v) is 9.93. The van der Waals surface area contributed by atoms with Gasteiger partial charge in [-0.2, -0.15) is 5.06 Å². The minimum absolute atomic E-state index is 0.203. The molecule has 3 atom stereocenters. The third-order valence-corrected chi connectivity index (χ3v) is 7.74. The molecule has 2 amide bonds. The number of amides is 2. The molecule has 0 N–H and O–H groups in total. The summed E-state index contributed by atoms with van der Waals surface area (Å²) >= 11 is 0. The van der Waals surface area contributed by atoms with Gasteiger partial charge in [0.2, 0.25) is 5.91 Å². The fourth-order valence-corrected chi connectivity index (χ4v) is 6.02. The number of hydrogen-bond acceptors (Lipinski definition) is 5. The molecule has 6 heteroatoms. The van der Waals surface area contributed by atoms with Crippen LogP contribution in [0.2, 0.25) is 0 Å². The van der Waals surface area contributed by atoms with Crippen LogP contribution in [0, 0.1) is 5.92 Å². The first-order valence-electron chi connectivity index (χ1n) is 13.3. The van der Waals surface area contributed by atoms with Gasteiger partial charge < -0.3 is 4.74 Å². The number of nitrogens with zero attached hydrogens (tertiary/aromatic N) is 2. The van der Waals surface area contributed by atoms with Crippen LogP contribution in [0.15, 0.2) is 121 Å². The number of carbonyl (C=O) groups is 2. The summed E-state index contributed by atoms with van der Waals surface area (Å²) in [5, 5.41) is 2.00. The second-order valence-electron chi connectivity index (χ2n) is 9.93. The monoisotopic (exact) mass is 518 g/mol. The fourth-order valence-electron chi connectivity index (χ4n) is 6.02. The van der Waals surface area contributed by atoms with Crippen LogP contribution < -0.4 is 0 Å². The average molecular weight is 519 g/mol. The van der Waals surface area contributed by atoms with Gasteiger partial charge >= 0.3 is 6.09 Å². The molecule has 0 aromatic heterocycles. The normalized spacial score (nSPS) is 21.6. The Hall–Kier alpha value is -4.26. The standard InChI is InChI=1S/C33H30N2O4/c1-24-29(31(36)34-22-23-38-32(34)37)30(25-14-6-2-7-15-25)35(39-24)33(26-16-8-3-9-17-26,27-18-10-4-11-19-27)28-20-12-5-13-21-28/h2-21,24,29-30H,22-23H2,1H3/t24-,29-,30+/m0/s1. The van der Waals surface area contributed by atoms with E-state index in [2.05, 4.69) is 36.4 Å². The molecule has 2 aliphatic heterocycles. The largest absolute Gasteiger partial charge is 0.447 e. The zero-order chi connectivity index (χ0) is 26.8. The van der Waals surface area contributed by atoms with Gasteiger partial charge in [0, 0.05) is 0 Å². The molecule has 0 unspecified atom stereocenters. The van der Waals surface area contributed by atoms with E-state index >= 15 is 0 Å². The van der Waals surface area contributed by atoms with Crippen LogP contribution in [0.5, 0.6) is 0 Å². The molecular weight excluding hydrogens is 488 g/mol. The molecule has 196 valence electrons.